The largest absolute Gasteiger partial charge is 0.488 e. The highest BCUT2D eigenvalue weighted by molar-refractivity contribution is 7.90. The number of hydrogen-bond donors (Lipinski definition) is 3. The molecule has 4 aliphatic rings. The predicted molar refractivity (Wildman–Crippen MR) is 306 cm³/mol. The molecule has 4 aliphatic heterocycles. The van der Waals surface area contributed by atoms with Gasteiger partial charge in [0.15, 0.2) is 5.65 Å². The molecule has 0 radical (unpaired) electrons. The number of anilines is 2. The molecule has 398 valence electrons. The number of nitriles is 2. The van der Waals surface area contributed by atoms with E-state index in [1.807, 2.05) is 72.8 Å². The van der Waals surface area contributed by atoms with Crippen LogP contribution in [-0.2, 0) is 19.5 Å². The van der Waals surface area contributed by atoms with E-state index in [9.17, 15) is 18.9 Å². The predicted octanol–water partition coefficient (Wildman–Crippen LogP) is 9.40. The van der Waals surface area contributed by atoms with Crippen LogP contribution in [0.25, 0.3) is 66.8 Å². The van der Waals surface area contributed by atoms with Crippen LogP contribution in [0.1, 0.15) is 24.0 Å². The topological polar surface area (TPSA) is 196 Å². The Morgan fingerprint density at radius 3 is 1.62 bits per heavy atom. The molecule has 0 unspecified atom stereocenters. The zero-order valence-electron chi connectivity index (χ0n) is 43.5. The van der Waals surface area contributed by atoms with Crippen molar-refractivity contribution in [1.82, 2.24) is 29.6 Å². The Morgan fingerprint density at radius 1 is 0.570 bits per heavy atom. The Labute approximate surface area is 458 Å². The maximum Gasteiger partial charge on any atom is 0.269 e. The number of benzene rings is 5. The molecule has 79 heavy (non-hydrogen) atoms. The molecule has 4 fully saturated rings. The number of fused-ring (bicyclic) bond motifs is 2. The Hall–Kier alpha value is -8.55. The van der Waals surface area contributed by atoms with Crippen molar-refractivity contribution in [3.8, 4) is 68.4 Å². The van der Waals surface area contributed by atoms with Crippen LogP contribution in [0.4, 0.5) is 11.4 Å². The molecule has 0 saturated carbocycles. The maximum atomic E-state index is 14.2. The van der Waals surface area contributed by atoms with Gasteiger partial charge in [0.25, 0.3) is 10.0 Å². The molecule has 17 heteroatoms. The lowest BCUT2D eigenvalue weighted by Gasteiger charge is -2.28. The van der Waals surface area contributed by atoms with Crippen LogP contribution in [-0.4, -0.2) is 118 Å². The lowest BCUT2D eigenvalue weighted by molar-refractivity contribution is 0.122. The van der Waals surface area contributed by atoms with Crippen molar-refractivity contribution < 1.29 is 27.4 Å². The molecule has 9 aromatic rings. The second-order valence-corrected chi connectivity index (χ2v) is 21.7. The average Bonchev–Trinajstić information content (AvgIpc) is 4.57. The van der Waals surface area contributed by atoms with Crippen LogP contribution in [0.5, 0.6) is 11.5 Å². The monoisotopic (exact) mass is 1070 g/mol. The molecule has 0 aliphatic carbocycles. The standard InChI is InChI=1S/C34H31N5O4S.C28H27N5O2/c35-22-26-20-25(8-11-33(26)43-28-12-14-36-23-28)30-13-15-37-34-31(30)21-32(39(34)44(40,41)29-4-2-1-3-5-29)24-6-9-27(10-7-24)38-16-18-42-19-17-38;29-17-21-15-20(3-6-27(21)35-23-7-9-30-18-23)24-8-10-31-28-25(24)16-26(32-28)19-1-4-22(5-2-19)33-11-13-34-14-12-33/h1-11,13,15,20-21,28,36H,12,14,16-19,23H2;1-6,8,10,15-16,23,30H,7,9,11-14,18H2,(H,31,32)/t28-;23-/m11/s1. The number of ether oxygens (including phenoxy) is 4. The zero-order chi connectivity index (χ0) is 53.7. The van der Waals surface area contributed by atoms with Gasteiger partial charge in [-0.2, -0.15) is 10.5 Å². The van der Waals surface area contributed by atoms with Gasteiger partial charge >= 0.3 is 0 Å². The summed E-state index contributed by atoms with van der Waals surface area (Å²) >= 11 is 0. The summed E-state index contributed by atoms with van der Waals surface area (Å²) in [6, 6.07) is 48.8. The van der Waals surface area contributed by atoms with E-state index >= 15 is 0 Å². The number of nitrogens with zero attached hydrogens (tertiary/aromatic N) is 7. The van der Waals surface area contributed by atoms with Gasteiger partial charge in [0, 0.05) is 79.5 Å². The second-order valence-electron chi connectivity index (χ2n) is 19.9. The summed E-state index contributed by atoms with van der Waals surface area (Å²) in [5.41, 5.74) is 11.3. The molecular weight excluding hydrogens is 1010 g/mol. The molecule has 2 atom stereocenters. The summed E-state index contributed by atoms with van der Waals surface area (Å²) in [6.45, 7) is 9.77. The molecule has 0 amide bonds. The minimum atomic E-state index is -4.01. The van der Waals surface area contributed by atoms with Crippen molar-refractivity contribution in [3.63, 3.8) is 0 Å². The molecule has 16 nitrogen and oxygen atoms in total. The third-order valence-electron chi connectivity index (χ3n) is 15.0. The Morgan fingerprint density at radius 2 is 1.09 bits per heavy atom. The van der Waals surface area contributed by atoms with Crippen molar-refractivity contribution >= 4 is 43.5 Å². The third kappa shape index (κ3) is 10.7. The van der Waals surface area contributed by atoms with E-state index in [4.69, 9.17) is 18.9 Å². The highest BCUT2D eigenvalue weighted by Crippen LogP contribution is 2.39. The van der Waals surface area contributed by atoms with Crippen molar-refractivity contribution in [2.75, 3.05) is 88.6 Å². The van der Waals surface area contributed by atoms with E-state index in [0.29, 0.717) is 52.6 Å². The van der Waals surface area contributed by atoms with Gasteiger partial charge in [-0.05, 0) is 144 Å². The summed E-state index contributed by atoms with van der Waals surface area (Å²) in [6.07, 6.45) is 5.40. The first-order chi connectivity index (χ1) is 38.8. The van der Waals surface area contributed by atoms with Gasteiger partial charge in [0.2, 0.25) is 0 Å². The first kappa shape index (κ1) is 51.2. The highest BCUT2D eigenvalue weighted by Gasteiger charge is 2.27. The summed E-state index contributed by atoms with van der Waals surface area (Å²) in [5.74, 6) is 1.19. The number of aromatic amines is 1. The normalized spacial score (nSPS) is 17.5. The van der Waals surface area contributed by atoms with Crippen LogP contribution in [0.15, 0.2) is 157 Å². The van der Waals surface area contributed by atoms with Crippen LogP contribution >= 0.6 is 0 Å². The molecule has 13 rings (SSSR count). The fraction of sp³-hybridized carbons (Fsp3) is 0.258. The number of morpholine rings is 2. The fourth-order valence-corrected chi connectivity index (χ4v) is 12.3. The minimum Gasteiger partial charge on any atom is -0.488 e. The van der Waals surface area contributed by atoms with Gasteiger partial charge in [0.05, 0.1) is 48.1 Å². The lowest BCUT2D eigenvalue weighted by atomic mass is 10.0. The van der Waals surface area contributed by atoms with Gasteiger partial charge in [-0.25, -0.2) is 22.4 Å². The van der Waals surface area contributed by atoms with Gasteiger partial charge in [0.1, 0.15) is 41.5 Å². The first-order valence-corrected chi connectivity index (χ1v) is 28.2. The van der Waals surface area contributed by atoms with Gasteiger partial charge < -0.3 is 44.4 Å². The third-order valence-corrected chi connectivity index (χ3v) is 16.7. The van der Waals surface area contributed by atoms with E-state index in [0.717, 1.165) is 134 Å². The van der Waals surface area contributed by atoms with E-state index in [1.54, 1.807) is 48.8 Å². The molecule has 0 spiro atoms. The number of rotatable bonds is 12. The average molecular weight is 1070 g/mol. The summed E-state index contributed by atoms with van der Waals surface area (Å²) in [4.78, 5) is 17.4. The molecule has 4 saturated heterocycles. The maximum absolute atomic E-state index is 14.2. The molecule has 3 N–H and O–H groups in total. The second kappa shape index (κ2) is 22.8. The minimum absolute atomic E-state index is 0.0231. The SMILES string of the molecule is N#Cc1cc(-c2ccnc3[nH]c(-c4ccc(N5CCOCC5)cc4)cc23)ccc1O[C@@H]1CCNC1.N#Cc1cc(-c2ccnc3c2cc(-c2ccc(N4CCOCC4)cc2)n3S(=O)(=O)c2ccccc2)ccc1O[C@@H]1CCNC1. The number of nitrogens with one attached hydrogen (secondary N) is 3. The molecule has 0 bridgehead atoms. The van der Waals surface area contributed by atoms with E-state index < -0.39 is 10.0 Å². The number of aromatic nitrogens is 4. The van der Waals surface area contributed by atoms with E-state index in [-0.39, 0.29) is 17.1 Å². The van der Waals surface area contributed by atoms with Crippen LogP contribution in [0.3, 0.4) is 0 Å². The zero-order valence-corrected chi connectivity index (χ0v) is 44.3. The molecular formula is C62H58N10O6S. The summed E-state index contributed by atoms with van der Waals surface area (Å²) in [5, 5.41) is 28.0. The smallest absolute Gasteiger partial charge is 0.269 e. The molecule has 4 aromatic heterocycles. The van der Waals surface area contributed by atoms with Crippen molar-refractivity contribution in [2.24, 2.45) is 0 Å². The Balaban J connectivity index is 0.000000162. The van der Waals surface area contributed by atoms with E-state index in [2.05, 4.69) is 77.9 Å². The Bertz CT molecular complexity index is 3830. The number of pyridine rings is 2. The van der Waals surface area contributed by atoms with E-state index in [1.165, 1.54) is 9.66 Å². The van der Waals surface area contributed by atoms with Crippen LogP contribution in [0, 0.1) is 22.7 Å². The van der Waals surface area contributed by atoms with Crippen molar-refractivity contribution in [1.29, 1.82) is 10.5 Å². The quantitative estimate of drug-likeness (QED) is 0.105. The van der Waals surface area contributed by atoms with Crippen molar-refractivity contribution in [3.05, 3.63) is 163 Å². The molecule has 8 heterocycles. The van der Waals surface area contributed by atoms with Gasteiger partial charge in [-0.15, -0.1) is 0 Å². The Kier molecular flexibility index (Phi) is 14.8. The number of H-pyrrole nitrogens is 1. The van der Waals surface area contributed by atoms with Crippen molar-refractivity contribution in [2.45, 2.75) is 29.9 Å². The summed E-state index contributed by atoms with van der Waals surface area (Å²) in [7, 11) is -4.01. The molecule has 5 aromatic carbocycles. The first-order valence-electron chi connectivity index (χ1n) is 26.8. The fourth-order valence-electron chi connectivity index (χ4n) is 10.8. The van der Waals surface area contributed by atoms with Crippen LogP contribution < -0.4 is 29.9 Å². The highest BCUT2D eigenvalue weighted by atomic mass is 32.2. The van der Waals surface area contributed by atoms with Gasteiger partial charge in [-0.1, -0.05) is 54.6 Å². The summed E-state index contributed by atoms with van der Waals surface area (Å²) < 4.78 is 52.9. The lowest BCUT2D eigenvalue weighted by Crippen LogP contribution is -2.36. The number of hydrogen-bond acceptors (Lipinski definition) is 14. The van der Waals surface area contributed by atoms with Crippen LogP contribution in [0.2, 0.25) is 0 Å². The van der Waals surface area contributed by atoms with Gasteiger partial charge in [-0.3, -0.25) is 0 Å².